The van der Waals surface area contributed by atoms with Gasteiger partial charge in [-0.25, -0.2) is 13.2 Å². The molecular weight excluding hydrogens is 600 g/mol. The lowest BCUT2D eigenvalue weighted by molar-refractivity contribution is -0.142. The fourth-order valence-corrected chi connectivity index (χ4v) is 9.07. The molecule has 4 N–H and O–H groups in total. The molecule has 0 aromatic heterocycles. The molecule has 1 aliphatic heterocycles. The number of ketones is 1. The highest BCUT2D eigenvalue weighted by Crippen LogP contribution is 2.32. The molecule has 1 saturated heterocycles. The van der Waals surface area contributed by atoms with E-state index < -0.39 is 69.1 Å². The maximum Gasteiger partial charge on any atom is 0.315 e. The van der Waals surface area contributed by atoms with E-state index >= 15 is 0 Å². The number of hydrogen-bond donors (Lipinski definition) is 4. The minimum atomic E-state index is -3.73. The molecule has 2 atom stereocenters. The number of urea groups is 1. The van der Waals surface area contributed by atoms with Crippen LogP contribution in [0.5, 0.6) is 0 Å². The average molecular weight is 655 g/mol. The Morgan fingerprint density at radius 1 is 0.911 bits per heavy atom. The summed E-state index contributed by atoms with van der Waals surface area (Å²) in [4.78, 5) is 66.2. The van der Waals surface area contributed by atoms with Crippen LogP contribution in [0.3, 0.4) is 0 Å². The van der Waals surface area contributed by atoms with Crippen molar-refractivity contribution in [2.75, 3.05) is 18.8 Å². The van der Waals surface area contributed by atoms with E-state index in [1.165, 1.54) is 9.21 Å². The van der Waals surface area contributed by atoms with Gasteiger partial charge >= 0.3 is 6.03 Å². The van der Waals surface area contributed by atoms with Crippen LogP contribution in [0.15, 0.2) is 0 Å². The first-order chi connectivity index (χ1) is 20.9. The zero-order chi connectivity index (χ0) is 33.7. The van der Waals surface area contributed by atoms with Crippen molar-refractivity contribution in [3.05, 3.63) is 0 Å². The van der Waals surface area contributed by atoms with Crippen LogP contribution in [-0.2, 0) is 29.2 Å². The van der Waals surface area contributed by atoms with E-state index in [-0.39, 0.29) is 23.9 Å². The van der Waals surface area contributed by atoms with Gasteiger partial charge in [-0.3, -0.25) is 19.2 Å². The number of carbonyl (C=O) groups is 5. The summed E-state index contributed by atoms with van der Waals surface area (Å²) < 4.78 is 28.7. The van der Waals surface area contributed by atoms with Gasteiger partial charge in [0, 0.05) is 24.7 Å². The number of carbonyl (C=O) groups excluding carboxylic acids is 5. The summed E-state index contributed by atoms with van der Waals surface area (Å²) in [5, 5.41) is 10.9. The lowest BCUT2D eigenvalue weighted by Crippen LogP contribution is -2.63. The van der Waals surface area contributed by atoms with E-state index in [9.17, 15) is 32.4 Å². The maximum absolute atomic E-state index is 13.9. The standard InChI is InChI=1S/C31H54N6O7S/c1-20(2)37(21(3)4)45(43,44)19-31(15-9-8-10-16-31)35-29(42)34-25(30(5,6)7)28(41)36-17-11-12-23(36)26(39)32-18-24(38)27(40)33-22-13-14-22/h20-23,25H,8-19H2,1-7H3,(H,32,39)(H,33,40)(H2,34,35,42)/t23-,25+/m0/s1. The second-order valence-corrected chi connectivity index (χ2v) is 16.5. The smallest absolute Gasteiger partial charge is 0.315 e. The highest BCUT2D eigenvalue weighted by Gasteiger charge is 2.45. The zero-order valence-corrected chi connectivity index (χ0v) is 28.8. The number of sulfonamides is 1. The number of amides is 5. The molecule has 45 heavy (non-hydrogen) atoms. The third kappa shape index (κ3) is 9.87. The number of hydrogen-bond acceptors (Lipinski definition) is 7. The van der Waals surface area contributed by atoms with Gasteiger partial charge < -0.3 is 26.2 Å². The summed E-state index contributed by atoms with van der Waals surface area (Å²) >= 11 is 0. The van der Waals surface area contributed by atoms with Gasteiger partial charge in [0.25, 0.3) is 5.91 Å². The number of Topliss-reactive ketones (excluding diaryl/α,β-unsaturated/α-hetero) is 1. The fraction of sp³-hybridized carbons (Fsp3) is 0.839. The Morgan fingerprint density at radius 2 is 1.51 bits per heavy atom. The summed E-state index contributed by atoms with van der Waals surface area (Å²) in [6.45, 7) is 12.6. The van der Waals surface area contributed by atoms with Crippen molar-refractivity contribution < 1.29 is 32.4 Å². The van der Waals surface area contributed by atoms with Gasteiger partial charge in [0.05, 0.1) is 17.8 Å². The first kappa shape index (κ1) is 36.7. The first-order valence-corrected chi connectivity index (χ1v) is 18.0. The van der Waals surface area contributed by atoms with Crippen LogP contribution in [0.1, 0.15) is 106 Å². The molecule has 0 bridgehead atoms. The second kappa shape index (κ2) is 14.8. The summed E-state index contributed by atoms with van der Waals surface area (Å²) in [6, 6.07) is -2.96. The van der Waals surface area contributed by atoms with Gasteiger partial charge in [-0.2, -0.15) is 4.31 Å². The van der Waals surface area contributed by atoms with Crippen molar-refractivity contribution in [3.63, 3.8) is 0 Å². The van der Waals surface area contributed by atoms with E-state index in [0.717, 1.165) is 32.1 Å². The van der Waals surface area contributed by atoms with Gasteiger partial charge in [-0.15, -0.1) is 0 Å². The van der Waals surface area contributed by atoms with E-state index in [1.54, 1.807) is 0 Å². The van der Waals surface area contributed by atoms with Crippen molar-refractivity contribution in [1.82, 2.24) is 30.5 Å². The first-order valence-electron chi connectivity index (χ1n) is 16.4. The molecule has 0 unspecified atom stereocenters. The van der Waals surface area contributed by atoms with Gasteiger partial charge in [-0.05, 0) is 71.6 Å². The maximum atomic E-state index is 13.9. The summed E-state index contributed by atoms with van der Waals surface area (Å²) in [7, 11) is -3.73. The monoisotopic (exact) mass is 654 g/mol. The van der Waals surface area contributed by atoms with Crippen molar-refractivity contribution in [2.45, 2.75) is 142 Å². The molecule has 0 radical (unpaired) electrons. The highest BCUT2D eigenvalue weighted by molar-refractivity contribution is 7.89. The Hall–Kier alpha value is -2.74. The van der Waals surface area contributed by atoms with Crippen molar-refractivity contribution in [3.8, 4) is 0 Å². The molecular formula is C31H54N6O7S. The van der Waals surface area contributed by atoms with Crippen LogP contribution in [0.2, 0.25) is 0 Å². The third-order valence-corrected chi connectivity index (χ3v) is 11.2. The zero-order valence-electron chi connectivity index (χ0n) is 28.0. The summed E-state index contributed by atoms with van der Waals surface area (Å²) in [5.74, 6) is -2.68. The van der Waals surface area contributed by atoms with Crippen molar-refractivity contribution >= 4 is 39.6 Å². The normalized spacial score (nSPS) is 21.0. The average Bonchev–Trinajstić information content (AvgIpc) is 3.59. The predicted octanol–water partition coefficient (Wildman–Crippen LogP) is 1.81. The van der Waals surface area contributed by atoms with Crippen LogP contribution in [0, 0.1) is 5.41 Å². The lowest BCUT2D eigenvalue weighted by Gasteiger charge is -2.41. The summed E-state index contributed by atoms with van der Waals surface area (Å²) in [5.41, 5.74) is -1.73. The van der Waals surface area contributed by atoms with E-state index in [4.69, 9.17) is 0 Å². The van der Waals surface area contributed by atoms with Crippen molar-refractivity contribution in [2.24, 2.45) is 5.41 Å². The van der Waals surface area contributed by atoms with E-state index in [2.05, 4.69) is 21.3 Å². The van der Waals surface area contributed by atoms with Gasteiger partial charge in [0.15, 0.2) is 0 Å². The molecule has 3 rings (SSSR count). The Kier molecular flexibility index (Phi) is 12.1. The Balaban J connectivity index is 1.71. The molecule has 2 aliphatic carbocycles. The molecule has 2 saturated carbocycles. The number of nitrogens with one attached hydrogen (secondary N) is 4. The van der Waals surface area contributed by atoms with Crippen molar-refractivity contribution in [1.29, 1.82) is 0 Å². The molecule has 0 aromatic rings. The minimum Gasteiger partial charge on any atom is -0.347 e. The number of rotatable bonds is 13. The molecule has 0 aromatic carbocycles. The van der Waals surface area contributed by atoms with Crippen LogP contribution in [0.4, 0.5) is 4.79 Å². The largest absolute Gasteiger partial charge is 0.347 e. The number of likely N-dealkylation sites (tertiary alicyclic amines) is 1. The minimum absolute atomic E-state index is 0.0197. The Labute approximate surface area is 268 Å². The fourth-order valence-electron chi connectivity index (χ4n) is 6.58. The molecule has 13 nitrogen and oxygen atoms in total. The van der Waals surface area contributed by atoms with Crippen LogP contribution in [0.25, 0.3) is 0 Å². The molecule has 14 heteroatoms. The lowest BCUT2D eigenvalue weighted by atomic mass is 9.83. The third-order valence-electron chi connectivity index (χ3n) is 8.80. The van der Waals surface area contributed by atoms with Gasteiger partial charge in [-0.1, -0.05) is 40.0 Å². The molecule has 0 spiro atoms. The Morgan fingerprint density at radius 3 is 2.04 bits per heavy atom. The van der Waals surface area contributed by atoms with Gasteiger partial charge in [0.1, 0.15) is 12.1 Å². The molecule has 3 fully saturated rings. The van der Waals surface area contributed by atoms with Crippen LogP contribution < -0.4 is 21.3 Å². The molecule has 256 valence electrons. The Bertz CT molecular complexity index is 1210. The molecule has 1 heterocycles. The van der Waals surface area contributed by atoms with E-state index in [0.29, 0.717) is 32.2 Å². The highest BCUT2D eigenvalue weighted by atomic mass is 32.2. The molecule has 3 aliphatic rings. The predicted molar refractivity (Wildman–Crippen MR) is 171 cm³/mol. The van der Waals surface area contributed by atoms with Gasteiger partial charge in [0.2, 0.25) is 27.6 Å². The van der Waals surface area contributed by atoms with Crippen LogP contribution in [-0.4, -0.2) is 102 Å². The van der Waals surface area contributed by atoms with Crippen LogP contribution >= 0.6 is 0 Å². The molecule has 5 amide bonds. The quantitative estimate of drug-likeness (QED) is 0.219. The SMILES string of the molecule is CC(C)N(C(C)C)S(=O)(=O)CC1(NC(=O)N[C@H](C(=O)N2CCC[C@H]2C(=O)NCC(=O)C(=O)NC2CC2)C(C)(C)C)CCCCC1. The topological polar surface area (TPSA) is 174 Å². The number of nitrogens with zero attached hydrogens (tertiary/aromatic N) is 2. The van der Waals surface area contributed by atoms with E-state index in [1.807, 2.05) is 48.5 Å². The summed E-state index contributed by atoms with van der Waals surface area (Å²) in [6.07, 6.45) is 6.11. The second-order valence-electron chi connectivity index (χ2n) is 14.6.